The normalized spacial score (nSPS) is 16.0. The van der Waals surface area contributed by atoms with Gasteiger partial charge in [0.1, 0.15) is 12.3 Å². The molecule has 0 saturated carbocycles. The monoisotopic (exact) mass is 476 g/mol. The lowest BCUT2D eigenvalue weighted by Gasteiger charge is -2.39. The van der Waals surface area contributed by atoms with Crippen LogP contribution in [0.1, 0.15) is 47.9 Å². The Kier molecular flexibility index (Phi) is 7.68. The molecule has 0 N–H and O–H groups in total. The first-order valence-electron chi connectivity index (χ1n) is 11.9. The Labute approximate surface area is 206 Å². The lowest BCUT2D eigenvalue weighted by Crippen LogP contribution is -2.50. The van der Waals surface area contributed by atoms with Gasteiger partial charge in [0.05, 0.1) is 6.04 Å². The van der Waals surface area contributed by atoms with Gasteiger partial charge < -0.3 is 14.5 Å². The predicted molar refractivity (Wildman–Crippen MR) is 136 cm³/mol. The zero-order valence-corrected chi connectivity index (χ0v) is 20.9. The number of fused-ring (bicyclic) bond motifs is 1. The van der Waals surface area contributed by atoms with Gasteiger partial charge in [-0.15, -0.1) is 11.3 Å². The van der Waals surface area contributed by atoms with Crippen molar-refractivity contribution in [3.05, 3.63) is 87.6 Å². The summed E-state index contributed by atoms with van der Waals surface area (Å²) in [7, 11) is 0. The molecule has 1 aromatic heterocycles. The van der Waals surface area contributed by atoms with Gasteiger partial charge in [0.15, 0.2) is 6.61 Å². The SMILES string of the molecule is CCC(C)N(CC(=O)N1CCc2sccc2C1c1ccccc1C)C(=O)COc1ccccc1. The fourth-order valence-corrected chi connectivity index (χ4v) is 5.41. The number of aryl methyl sites for hydroxylation is 1. The molecule has 1 aliphatic rings. The summed E-state index contributed by atoms with van der Waals surface area (Å²) in [6.07, 6.45) is 1.61. The molecule has 2 atom stereocenters. The highest BCUT2D eigenvalue weighted by atomic mass is 32.1. The van der Waals surface area contributed by atoms with Crippen molar-refractivity contribution in [3.8, 4) is 5.75 Å². The molecule has 0 bridgehead atoms. The number of thiophene rings is 1. The lowest BCUT2D eigenvalue weighted by atomic mass is 9.90. The highest BCUT2D eigenvalue weighted by Gasteiger charge is 2.35. The molecule has 0 radical (unpaired) electrons. The molecule has 34 heavy (non-hydrogen) atoms. The topological polar surface area (TPSA) is 49.9 Å². The average molecular weight is 477 g/mol. The minimum Gasteiger partial charge on any atom is -0.484 e. The van der Waals surface area contributed by atoms with Gasteiger partial charge in [-0.05, 0) is 67.0 Å². The molecule has 0 aliphatic carbocycles. The van der Waals surface area contributed by atoms with Crippen molar-refractivity contribution in [1.82, 2.24) is 9.80 Å². The fraction of sp³-hybridized carbons (Fsp3) is 0.357. The Bertz CT molecular complexity index is 1130. The molecule has 0 spiro atoms. The molecule has 0 saturated heterocycles. The van der Waals surface area contributed by atoms with E-state index >= 15 is 0 Å². The van der Waals surface area contributed by atoms with Crippen molar-refractivity contribution < 1.29 is 14.3 Å². The van der Waals surface area contributed by atoms with Crippen molar-refractivity contribution in [3.63, 3.8) is 0 Å². The summed E-state index contributed by atoms with van der Waals surface area (Å²) in [5, 5.41) is 2.11. The Hall–Kier alpha value is -3.12. The van der Waals surface area contributed by atoms with E-state index in [1.165, 1.54) is 10.4 Å². The van der Waals surface area contributed by atoms with Gasteiger partial charge >= 0.3 is 0 Å². The Balaban J connectivity index is 1.55. The van der Waals surface area contributed by atoms with Gasteiger partial charge in [-0.2, -0.15) is 0 Å². The minimum absolute atomic E-state index is 0.0292. The number of benzene rings is 2. The van der Waals surface area contributed by atoms with Crippen LogP contribution in [0, 0.1) is 6.92 Å². The maximum absolute atomic E-state index is 13.7. The second-order valence-corrected chi connectivity index (χ2v) is 9.78. The second kappa shape index (κ2) is 10.9. The van der Waals surface area contributed by atoms with Crippen LogP contribution in [0.5, 0.6) is 5.75 Å². The molecule has 178 valence electrons. The van der Waals surface area contributed by atoms with Crippen molar-refractivity contribution in [1.29, 1.82) is 0 Å². The molecule has 3 aromatic rings. The molecule has 0 fully saturated rings. The summed E-state index contributed by atoms with van der Waals surface area (Å²) in [5.41, 5.74) is 3.51. The highest BCUT2D eigenvalue weighted by Crippen LogP contribution is 2.39. The van der Waals surface area contributed by atoms with Gasteiger partial charge in [0.25, 0.3) is 5.91 Å². The van der Waals surface area contributed by atoms with E-state index in [1.54, 1.807) is 16.2 Å². The van der Waals surface area contributed by atoms with Crippen LogP contribution >= 0.6 is 11.3 Å². The Morgan fingerprint density at radius 1 is 1.09 bits per heavy atom. The molecule has 2 amide bonds. The molecule has 1 aliphatic heterocycles. The number of carbonyl (C=O) groups is 2. The smallest absolute Gasteiger partial charge is 0.261 e. The molecule has 6 heteroatoms. The van der Waals surface area contributed by atoms with Gasteiger partial charge in [-0.1, -0.05) is 49.4 Å². The number of para-hydroxylation sites is 1. The Morgan fingerprint density at radius 2 is 1.82 bits per heavy atom. The predicted octanol–water partition coefficient (Wildman–Crippen LogP) is 5.24. The number of rotatable bonds is 8. The van der Waals surface area contributed by atoms with Crippen molar-refractivity contribution in [2.75, 3.05) is 19.7 Å². The van der Waals surface area contributed by atoms with Crippen molar-refractivity contribution in [2.45, 2.75) is 45.7 Å². The first kappa shape index (κ1) is 24.0. The third-order valence-electron chi connectivity index (χ3n) is 6.62. The summed E-state index contributed by atoms with van der Waals surface area (Å²) in [6.45, 7) is 6.72. The third-order valence-corrected chi connectivity index (χ3v) is 7.62. The quantitative estimate of drug-likeness (QED) is 0.447. The number of amides is 2. The van der Waals surface area contributed by atoms with Crippen LogP contribution < -0.4 is 4.74 Å². The standard InChI is InChI=1S/C28H32N2O3S/c1-4-21(3)30(27(32)19-33-22-11-6-5-7-12-22)18-26(31)29-16-14-25-24(15-17-34-25)28(29)23-13-9-8-10-20(23)2/h5-13,15,17,21,28H,4,14,16,18-19H2,1-3H3. The van der Waals surface area contributed by atoms with Crippen LogP contribution in [0.25, 0.3) is 0 Å². The van der Waals surface area contributed by atoms with E-state index in [0.29, 0.717) is 12.3 Å². The largest absolute Gasteiger partial charge is 0.484 e. The van der Waals surface area contributed by atoms with E-state index in [-0.39, 0.29) is 37.0 Å². The van der Waals surface area contributed by atoms with E-state index in [9.17, 15) is 9.59 Å². The maximum atomic E-state index is 13.7. The van der Waals surface area contributed by atoms with E-state index in [1.807, 2.05) is 61.2 Å². The number of hydrogen-bond donors (Lipinski definition) is 0. The first-order valence-corrected chi connectivity index (χ1v) is 12.8. The van der Waals surface area contributed by atoms with Crippen LogP contribution in [0.15, 0.2) is 66.0 Å². The van der Waals surface area contributed by atoms with Crippen molar-refractivity contribution in [2.24, 2.45) is 0 Å². The van der Waals surface area contributed by atoms with Crippen LogP contribution in [0.3, 0.4) is 0 Å². The maximum Gasteiger partial charge on any atom is 0.261 e. The minimum atomic E-state index is -0.174. The lowest BCUT2D eigenvalue weighted by molar-refractivity contribution is -0.144. The zero-order valence-electron chi connectivity index (χ0n) is 20.1. The molecule has 4 rings (SSSR count). The third kappa shape index (κ3) is 5.17. The first-order chi connectivity index (χ1) is 16.5. The number of hydrogen-bond acceptors (Lipinski definition) is 4. The zero-order chi connectivity index (χ0) is 24.1. The fourth-order valence-electron chi connectivity index (χ4n) is 4.51. The van der Waals surface area contributed by atoms with E-state index in [2.05, 4.69) is 30.5 Å². The molecule has 5 nitrogen and oxygen atoms in total. The van der Waals surface area contributed by atoms with Gasteiger partial charge in [0, 0.05) is 17.5 Å². The molecule has 2 unspecified atom stereocenters. The summed E-state index contributed by atoms with van der Waals surface area (Å²) in [4.78, 5) is 31.8. The number of nitrogens with zero attached hydrogens (tertiary/aromatic N) is 2. The van der Waals surface area contributed by atoms with Crippen LogP contribution in [-0.2, 0) is 16.0 Å². The summed E-state index contributed by atoms with van der Waals surface area (Å²) in [5.74, 6) is 0.442. The van der Waals surface area contributed by atoms with Crippen LogP contribution in [-0.4, -0.2) is 47.4 Å². The molecule has 2 heterocycles. The molecular formula is C28H32N2O3S. The number of carbonyl (C=O) groups excluding carboxylic acids is 2. The summed E-state index contributed by atoms with van der Waals surface area (Å²) in [6, 6.07) is 19.5. The van der Waals surface area contributed by atoms with E-state index in [4.69, 9.17) is 4.74 Å². The van der Waals surface area contributed by atoms with Gasteiger partial charge in [-0.25, -0.2) is 0 Å². The van der Waals surface area contributed by atoms with Gasteiger partial charge in [-0.3, -0.25) is 9.59 Å². The van der Waals surface area contributed by atoms with Crippen LogP contribution in [0.2, 0.25) is 0 Å². The van der Waals surface area contributed by atoms with Crippen LogP contribution in [0.4, 0.5) is 0 Å². The van der Waals surface area contributed by atoms with Crippen molar-refractivity contribution >= 4 is 23.2 Å². The van der Waals surface area contributed by atoms with E-state index in [0.717, 1.165) is 24.0 Å². The Morgan fingerprint density at radius 3 is 2.56 bits per heavy atom. The number of ether oxygens (including phenoxy) is 1. The average Bonchev–Trinajstić information content (AvgIpc) is 3.35. The van der Waals surface area contributed by atoms with Gasteiger partial charge in [0.2, 0.25) is 5.91 Å². The van der Waals surface area contributed by atoms with E-state index < -0.39 is 0 Å². The summed E-state index contributed by atoms with van der Waals surface area (Å²) >= 11 is 1.76. The highest BCUT2D eigenvalue weighted by molar-refractivity contribution is 7.10. The molecule has 2 aromatic carbocycles. The molecular weight excluding hydrogens is 444 g/mol. The summed E-state index contributed by atoms with van der Waals surface area (Å²) < 4.78 is 5.70. The second-order valence-electron chi connectivity index (χ2n) is 8.78.